The normalized spacial score (nSPS) is 10.9. The summed E-state index contributed by atoms with van der Waals surface area (Å²) in [6.45, 7) is 2.13. The topological polar surface area (TPSA) is 99.1 Å². The Bertz CT molecular complexity index is 948. The van der Waals surface area contributed by atoms with E-state index in [9.17, 15) is 14.9 Å². The first kappa shape index (κ1) is 17.0. The molecule has 0 spiro atoms. The molecule has 0 aliphatic carbocycles. The van der Waals surface area contributed by atoms with Gasteiger partial charge in [0.15, 0.2) is 0 Å². The highest BCUT2D eigenvalue weighted by molar-refractivity contribution is 7.21. The predicted octanol–water partition coefficient (Wildman–Crippen LogP) is 4.36. The van der Waals surface area contributed by atoms with Gasteiger partial charge in [0.2, 0.25) is 5.78 Å². The molecule has 0 saturated carbocycles. The number of nitrogens with zero attached hydrogens (tertiary/aromatic N) is 2. The number of benzene rings is 1. The van der Waals surface area contributed by atoms with Gasteiger partial charge in [-0.3, -0.25) is 14.9 Å². The Kier molecular flexibility index (Phi) is 4.76. The summed E-state index contributed by atoms with van der Waals surface area (Å²) in [6, 6.07) is 9.39. The summed E-state index contributed by atoms with van der Waals surface area (Å²) in [7, 11) is 0. The first-order chi connectivity index (χ1) is 12.0. The Morgan fingerprint density at radius 1 is 1.24 bits per heavy atom. The molecule has 128 valence electrons. The number of hydrogen-bond donors (Lipinski definition) is 1. The van der Waals surface area contributed by atoms with E-state index in [1.807, 2.05) is 12.1 Å². The van der Waals surface area contributed by atoms with E-state index in [-0.39, 0.29) is 11.5 Å². The molecule has 0 radical (unpaired) electrons. The van der Waals surface area contributed by atoms with E-state index in [0.717, 1.165) is 35.2 Å². The van der Waals surface area contributed by atoms with Crippen molar-refractivity contribution in [3.63, 3.8) is 0 Å². The number of nitro benzene ring substituents is 1. The Hall–Kier alpha value is -2.80. The molecular formula is C18H17N3O3S. The molecule has 0 fully saturated rings. The molecule has 3 aromatic rings. The van der Waals surface area contributed by atoms with Crippen molar-refractivity contribution in [3.8, 4) is 0 Å². The molecule has 7 heteroatoms. The second-order valence-corrected chi connectivity index (χ2v) is 6.74. The highest BCUT2D eigenvalue weighted by Crippen LogP contribution is 2.34. The quantitative estimate of drug-likeness (QED) is 0.402. The highest BCUT2D eigenvalue weighted by Gasteiger charge is 2.19. The SMILES string of the molecule is CCCCc1ccc2c(N)c(C(=O)c3ccc([N+](=O)[O-])cc3)sc2n1. The van der Waals surface area contributed by atoms with Gasteiger partial charge in [0.25, 0.3) is 5.69 Å². The lowest BCUT2D eigenvalue weighted by Gasteiger charge is -2.00. The molecule has 0 aliphatic rings. The summed E-state index contributed by atoms with van der Waals surface area (Å²) in [5.41, 5.74) is 7.87. The zero-order valence-corrected chi connectivity index (χ0v) is 14.5. The van der Waals surface area contributed by atoms with Crippen LogP contribution in [0, 0.1) is 10.1 Å². The number of aryl methyl sites for hydroxylation is 1. The first-order valence-electron chi connectivity index (χ1n) is 7.98. The number of carbonyl (C=O) groups excluding carboxylic acids is 1. The number of nitrogen functional groups attached to an aromatic ring is 1. The fraction of sp³-hybridized carbons (Fsp3) is 0.222. The van der Waals surface area contributed by atoms with Crippen LogP contribution in [0.1, 0.15) is 40.7 Å². The van der Waals surface area contributed by atoms with Gasteiger partial charge >= 0.3 is 0 Å². The number of anilines is 1. The van der Waals surface area contributed by atoms with Gasteiger partial charge < -0.3 is 5.73 Å². The second kappa shape index (κ2) is 6.98. The zero-order chi connectivity index (χ0) is 18.0. The monoisotopic (exact) mass is 355 g/mol. The standard InChI is InChI=1S/C18H17N3O3S/c1-2-3-4-12-7-10-14-15(19)17(25-18(14)20-12)16(22)11-5-8-13(9-6-11)21(23)24/h5-10H,2-4,19H2,1H3. The van der Waals surface area contributed by atoms with E-state index >= 15 is 0 Å². The molecule has 0 amide bonds. The van der Waals surface area contributed by atoms with Crippen LogP contribution in [0.25, 0.3) is 10.2 Å². The third kappa shape index (κ3) is 3.36. The van der Waals surface area contributed by atoms with Crippen molar-refractivity contribution in [1.82, 2.24) is 4.98 Å². The minimum atomic E-state index is -0.496. The highest BCUT2D eigenvalue weighted by atomic mass is 32.1. The Balaban J connectivity index is 1.95. The summed E-state index contributed by atoms with van der Waals surface area (Å²) in [5, 5.41) is 11.5. The molecule has 25 heavy (non-hydrogen) atoms. The Morgan fingerprint density at radius 3 is 2.60 bits per heavy atom. The molecule has 6 nitrogen and oxygen atoms in total. The molecule has 0 saturated heterocycles. The molecule has 0 bridgehead atoms. The van der Waals surface area contributed by atoms with Crippen LogP contribution in [0.15, 0.2) is 36.4 Å². The number of non-ortho nitro benzene ring substituents is 1. The number of hydrogen-bond acceptors (Lipinski definition) is 6. The van der Waals surface area contributed by atoms with Crippen LogP contribution < -0.4 is 5.73 Å². The maximum absolute atomic E-state index is 12.7. The minimum Gasteiger partial charge on any atom is -0.397 e. The van der Waals surface area contributed by atoms with Crippen LogP contribution in [0.3, 0.4) is 0 Å². The number of aromatic nitrogens is 1. The van der Waals surface area contributed by atoms with Gasteiger partial charge in [-0.25, -0.2) is 4.98 Å². The van der Waals surface area contributed by atoms with Gasteiger partial charge in [-0.2, -0.15) is 0 Å². The smallest absolute Gasteiger partial charge is 0.269 e. The summed E-state index contributed by atoms with van der Waals surface area (Å²) >= 11 is 1.27. The Morgan fingerprint density at radius 2 is 1.96 bits per heavy atom. The molecule has 2 N–H and O–H groups in total. The molecule has 0 unspecified atom stereocenters. The Labute approximate surface area is 148 Å². The number of rotatable bonds is 6. The number of nitro groups is 1. The summed E-state index contributed by atoms with van der Waals surface area (Å²) < 4.78 is 0. The molecule has 2 heterocycles. The van der Waals surface area contributed by atoms with Crippen molar-refractivity contribution < 1.29 is 9.72 Å². The summed E-state index contributed by atoms with van der Waals surface area (Å²) in [5.74, 6) is -0.245. The number of pyridine rings is 1. The van der Waals surface area contributed by atoms with Gasteiger partial charge in [-0.1, -0.05) is 13.3 Å². The van der Waals surface area contributed by atoms with E-state index in [0.29, 0.717) is 16.1 Å². The van der Waals surface area contributed by atoms with Crippen LogP contribution in [0.4, 0.5) is 11.4 Å². The molecule has 3 rings (SSSR count). The van der Waals surface area contributed by atoms with Crippen LogP contribution in [-0.2, 0) is 6.42 Å². The van der Waals surface area contributed by atoms with Crippen molar-refractivity contribution in [2.75, 3.05) is 5.73 Å². The van der Waals surface area contributed by atoms with Gasteiger partial charge in [0.1, 0.15) is 9.71 Å². The minimum absolute atomic E-state index is 0.0527. The van der Waals surface area contributed by atoms with Crippen LogP contribution >= 0.6 is 11.3 Å². The van der Waals surface area contributed by atoms with E-state index in [2.05, 4.69) is 11.9 Å². The van der Waals surface area contributed by atoms with E-state index in [1.165, 1.54) is 35.6 Å². The van der Waals surface area contributed by atoms with Crippen LogP contribution in [-0.4, -0.2) is 15.7 Å². The molecule has 2 aromatic heterocycles. The van der Waals surface area contributed by atoms with Gasteiger partial charge in [0, 0.05) is 28.8 Å². The van der Waals surface area contributed by atoms with E-state index in [1.54, 1.807) is 0 Å². The zero-order valence-electron chi connectivity index (χ0n) is 13.7. The predicted molar refractivity (Wildman–Crippen MR) is 99.2 cm³/mol. The van der Waals surface area contributed by atoms with E-state index < -0.39 is 4.92 Å². The number of unbranched alkanes of at least 4 members (excludes halogenated alkanes) is 1. The lowest BCUT2D eigenvalue weighted by atomic mass is 10.1. The van der Waals surface area contributed by atoms with Crippen molar-refractivity contribution in [2.45, 2.75) is 26.2 Å². The summed E-state index contributed by atoms with van der Waals surface area (Å²) in [6.07, 6.45) is 3.06. The van der Waals surface area contributed by atoms with Gasteiger partial charge in [-0.15, -0.1) is 11.3 Å². The summed E-state index contributed by atoms with van der Waals surface area (Å²) in [4.78, 5) is 28.7. The van der Waals surface area contributed by atoms with Crippen molar-refractivity contribution in [1.29, 1.82) is 0 Å². The third-order valence-electron chi connectivity index (χ3n) is 3.98. The fourth-order valence-electron chi connectivity index (χ4n) is 2.57. The average Bonchev–Trinajstić information content (AvgIpc) is 2.95. The largest absolute Gasteiger partial charge is 0.397 e. The molecule has 0 aliphatic heterocycles. The molecule has 1 aromatic carbocycles. The average molecular weight is 355 g/mol. The lowest BCUT2D eigenvalue weighted by Crippen LogP contribution is -2.02. The van der Waals surface area contributed by atoms with Gasteiger partial charge in [0.05, 0.1) is 10.6 Å². The maximum atomic E-state index is 12.7. The number of carbonyl (C=O) groups is 1. The number of thiophene rings is 1. The van der Waals surface area contributed by atoms with Gasteiger partial charge in [-0.05, 0) is 37.1 Å². The molecule has 0 atom stereocenters. The number of ketones is 1. The number of fused-ring (bicyclic) bond motifs is 1. The van der Waals surface area contributed by atoms with Crippen molar-refractivity contribution in [2.24, 2.45) is 0 Å². The van der Waals surface area contributed by atoms with Crippen LogP contribution in [0.5, 0.6) is 0 Å². The third-order valence-corrected chi connectivity index (χ3v) is 5.10. The second-order valence-electron chi connectivity index (χ2n) is 5.74. The van der Waals surface area contributed by atoms with Crippen molar-refractivity contribution >= 4 is 38.7 Å². The lowest BCUT2D eigenvalue weighted by molar-refractivity contribution is -0.384. The van der Waals surface area contributed by atoms with Crippen molar-refractivity contribution in [3.05, 3.63) is 62.6 Å². The molecular weight excluding hydrogens is 338 g/mol. The first-order valence-corrected chi connectivity index (χ1v) is 8.80. The fourth-order valence-corrected chi connectivity index (χ4v) is 3.64. The van der Waals surface area contributed by atoms with Crippen LogP contribution in [0.2, 0.25) is 0 Å². The number of nitrogens with two attached hydrogens (primary N) is 1. The van der Waals surface area contributed by atoms with E-state index in [4.69, 9.17) is 5.73 Å². The maximum Gasteiger partial charge on any atom is 0.269 e.